The molecule has 1 N–H and O–H groups in total. The van der Waals surface area contributed by atoms with Crippen LogP contribution in [-0.2, 0) is 9.47 Å². The van der Waals surface area contributed by atoms with Crippen molar-refractivity contribution in [3.63, 3.8) is 0 Å². The average Bonchev–Trinajstić information content (AvgIpc) is 3.08. The second kappa shape index (κ2) is 8.50. The standard InChI is InChI=1S/C9H16FNO2.C6H8N2O2/c1-9(2,3)13-8(12)11-5-4-7(10)6-11;1-2-10-6(9)5-3-7-8-4-5/h7H,4-6H2,1-3H3;3-4H,2H2,1H3,(H,7,8). The topological polar surface area (TPSA) is 84.5 Å². The lowest BCUT2D eigenvalue weighted by atomic mass is 10.2. The summed E-state index contributed by atoms with van der Waals surface area (Å²) in [6, 6.07) is 0. The Morgan fingerprint density at radius 2 is 2.17 bits per heavy atom. The largest absolute Gasteiger partial charge is 0.462 e. The SMILES string of the molecule is CC(C)(C)OC(=O)N1CCC(F)C1.CCOC(=O)c1cn[nH]c1. The van der Waals surface area contributed by atoms with Gasteiger partial charge < -0.3 is 14.4 Å². The van der Waals surface area contributed by atoms with Crippen molar-refractivity contribution in [2.45, 2.75) is 45.9 Å². The van der Waals surface area contributed by atoms with Crippen molar-refractivity contribution in [2.75, 3.05) is 19.7 Å². The zero-order chi connectivity index (χ0) is 17.5. The molecule has 0 spiro atoms. The third-order valence-electron chi connectivity index (χ3n) is 2.79. The summed E-state index contributed by atoms with van der Waals surface area (Å²) in [5.41, 5.74) is -0.0345. The first kappa shape index (κ1) is 18.9. The van der Waals surface area contributed by atoms with Crippen molar-refractivity contribution in [3.8, 4) is 0 Å². The Labute approximate surface area is 135 Å². The molecule has 1 aromatic rings. The smallest absolute Gasteiger partial charge is 0.410 e. The predicted octanol–water partition coefficient (Wildman–Crippen LogP) is 2.55. The van der Waals surface area contributed by atoms with E-state index in [0.29, 0.717) is 25.1 Å². The van der Waals surface area contributed by atoms with Crippen LogP contribution in [0.25, 0.3) is 0 Å². The molecule has 0 bridgehead atoms. The number of likely N-dealkylation sites (tertiary alicyclic amines) is 1. The van der Waals surface area contributed by atoms with Crippen LogP contribution in [-0.4, -0.2) is 58.6 Å². The molecule has 1 aromatic heterocycles. The number of amides is 1. The van der Waals surface area contributed by atoms with Gasteiger partial charge in [0.05, 0.1) is 24.9 Å². The first-order valence-electron chi connectivity index (χ1n) is 7.51. The summed E-state index contributed by atoms with van der Waals surface area (Å²) in [7, 11) is 0. The van der Waals surface area contributed by atoms with Crippen LogP contribution in [0.2, 0.25) is 0 Å². The van der Waals surface area contributed by atoms with E-state index in [2.05, 4.69) is 14.9 Å². The van der Waals surface area contributed by atoms with Crippen LogP contribution in [0.1, 0.15) is 44.5 Å². The maximum absolute atomic E-state index is 12.7. The molecule has 1 aliphatic rings. The minimum absolute atomic E-state index is 0.176. The number of aromatic amines is 1. The molecule has 1 atom stereocenters. The number of nitrogens with zero attached hydrogens (tertiary/aromatic N) is 2. The molecular weight excluding hydrogens is 305 g/mol. The normalized spacial score (nSPS) is 17.3. The predicted molar refractivity (Wildman–Crippen MR) is 81.9 cm³/mol. The van der Waals surface area contributed by atoms with Gasteiger partial charge in [-0.1, -0.05) is 0 Å². The number of rotatable bonds is 2. The number of carbonyl (C=O) groups is 2. The van der Waals surface area contributed by atoms with Crippen LogP contribution >= 0.6 is 0 Å². The Hall–Kier alpha value is -2.12. The second-order valence-corrected chi connectivity index (χ2v) is 6.02. The van der Waals surface area contributed by atoms with Crippen LogP contribution in [0.15, 0.2) is 12.4 Å². The first-order valence-corrected chi connectivity index (χ1v) is 7.51. The van der Waals surface area contributed by atoms with Gasteiger partial charge in [0, 0.05) is 12.7 Å². The number of aromatic nitrogens is 2. The van der Waals surface area contributed by atoms with Crippen LogP contribution in [0.3, 0.4) is 0 Å². The quantitative estimate of drug-likeness (QED) is 0.843. The molecule has 0 aromatic carbocycles. The number of halogens is 1. The summed E-state index contributed by atoms with van der Waals surface area (Å²) in [4.78, 5) is 23.6. The molecule has 7 nitrogen and oxygen atoms in total. The highest BCUT2D eigenvalue weighted by Crippen LogP contribution is 2.16. The van der Waals surface area contributed by atoms with Gasteiger partial charge in [-0.05, 0) is 34.1 Å². The van der Waals surface area contributed by atoms with E-state index in [1.54, 1.807) is 27.7 Å². The fraction of sp³-hybridized carbons (Fsp3) is 0.667. The highest BCUT2D eigenvalue weighted by Gasteiger charge is 2.29. The molecular formula is C15H24FN3O4. The number of hydrogen-bond donors (Lipinski definition) is 1. The molecule has 1 saturated heterocycles. The summed E-state index contributed by atoms with van der Waals surface area (Å²) in [6.45, 7) is 8.20. The highest BCUT2D eigenvalue weighted by atomic mass is 19.1. The van der Waals surface area contributed by atoms with Gasteiger partial charge in [0.1, 0.15) is 11.8 Å². The van der Waals surface area contributed by atoms with Crippen LogP contribution in [0, 0.1) is 0 Å². The summed E-state index contributed by atoms with van der Waals surface area (Å²) in [5, 5.41) is 6.12. The van der Waals surface area contributed by atoms with E-state index >= 15 is 0 Å². The number of H-pyrrole nitrogens is 1. The third-order valence-corrected chi connectivity index (χ3v) is 2.79. The summed E-state index contributed by atoms with van der Waals surface area (Å²) < 4.78 is 22.5. The molecule has 8 heteroatoms. The van der Waals surface area contributed by atoms with Gasteiger partial charge in [0.2, 0.25) is 0 Å². The lowest BCUT2D eigenvalue weighted by Crippen LogP contribution is -2.35. The second-order valence-electron chi connectivity index (χ2n) is 6.02. The van der Waals surface area contributed by atoms with Gasteiger partial charge >= 0.3 is 12.1 Å². The van der Waals surface area contributed by atoms with E-state index < -0.39 is 17.9 Å². The number of ether oxygens (including phenoxy) is 2. The lowest BCUT2D eigenvalue weighted by molar-refractivity contribution is 0.0284. The first-order chi connectivity index (χ1) is 10.7. The zero-order valence-corrected chi connectivity index (χ0v) is 14.0. The van der Waals surface area contributed by atoms with E-state index in [4.69, 9.17) is 4.74 Å². The molecule has 0 radical (unpaired) electrons. The third kappa shape index (κ3) is 7.12. The maximum atomic E-state index is 12.7. The Morgan fingerprint density at radius 3 is 2.61 bits per heavy atom. The lowest BCUT2D eigenvalue weighted by Gasteiger charge is -2.23. The molecule has 23 heavy (non-hydrogen) atoms. The number of nitrogens with one attached hydrogen (secondary N) is 1. The number of carbonyl (C=O) groups excluding carboxylic acids is 2. The Kier molecular flexibility index (Phi) is 6.99. The minimum atomic E-state index is -0.882. The van der Waals surface area contributed by atoms with E-state index in [1.807, 2.05) is 0 Å². The van der Waals surface area contributed by atoms with Crippen molar-refractivity contribution < 1.29 is 23.5 Å². The molecule has 130 valence electrons. The average molecular weight is 329 g/mol. The fourth-order valence-corrected chi connectivity index (χ4v) is 1.79. The molecule has 0 aliphatic carbocycles. The van der Waals surface area contributed by atoms with Crippen LogP contribution in [0.4, 0.5) is 9.18 Å². The zero-order valence-electron chi connectivity index (χ0n) is 14.0. The number of alkyl halides is 1. The molecule has 1 unspecified atom stereocenters. The molecule has 1 aliphatic heterocycles. The van der Waals surface area contributed by atoms with E-state index in [9.17, 15) is 14.0 Å². The highest BCUT2D eigenvalue weighted by molar-refractivity contribution is 5.88. The molecule has 2 rings (SSSR count). The van der Waals surface area contributed by atoms with Crippen molar-refractivity contribution in [1.82, 2.24) is 15.1 Å². The Bertz CT molecular complexity index is 499. The van der Waals surface area contributed by atoms with Crippen molar-refractivity contribution in [2.24, 2.45) is 0 Å². The van der Waals surface area contributed by atoms with Gasteiger partial charge in [-0.15, -0.1) is 0 Å². The van der Waals surface area contributed by atoms with Crippen molar-refractivity contribution >= 4 is 12.1 Å². The van der Waals surface area contributed by atoms with Gasteiger partial charge in [-0.3, -0.25) is 5.10 Å². The monoisotopic (exact) mass is 329 g/mol. The van der Waals surface area contributed by atoms with Crippen LogP contribution in [0.5, 0.6) is 0 Å². The number of esters is 1. The molecule has 1 fully saturated rings. The Morgan fingerprint density at radius 1 is 1.48 bits per heavy atom. The van der Waals surface area contributed by atoms with E-state index in [1.165, 1.54) is 17.3 Å². The molecule has 0 saturated carbocycles. The summed E-state index contributed by atoms with van der Waals surface area (Å²) in [5.74, 6) is -0.337. The maximum Gasteiger partial charge on any atom is 0.410 e. The fourth-order valence-electron chi connectivity index (χ4n) is 1.79. The molecule has 1 amide bonds. The van der Waals surface area contributed by atoms with Gasteiger partial charge in [-0.25, -0.2) is 14.0 Å². The summed E-state index contributed by atoms with van der Waals surface area (Å²) >= 11 is 0. The summed E-state index contributed by atoms with van der Waals surface area (Å²) in [6.07, 6.45) is 2.06. The molecule has 2 heterocycles. The number of hydrogen-bond acceptors (Lipinski definition) is 5. The van der Waals surface area contributed by atoms with Gasteiger partial charge in [-0.2, -0.15) is 5.10 Å². The minimum Gasteiger partial charge on any atom is -0.462 e. The van der Waals surface area contributed by atoms with E-state index in [0.717, 1.165) is 0 Å². The van der Waals surface area contributed by atoms with Crippen molar-refractivity contribution in [3.05, 3.63) is 18.0 Å². The van der Waals surface area contributed by atoms with Gasteiger partial charge in [0.25, 0.3) is 0 Å². The van der Waals surface area contributed by atoms with Crippen molar-refractivity contribution in [1.29, 1.82) is 0 Å². The van der Waals surface area contributed by atoms with Crippen LogP contribution < -0.4 is 0 Å². The van der Waals surface area contributed by atoms with Gasteiger partial charge in [0.15, 0.2) is 0 Å². The Balaban J connectivity index is 0.000000238. The van der Waals surface area contributed by atoms with E-state index in [-0.39, 0.29) is 12.5 Å².